The van der Waals surface area contributed by atoms with E-state index in [1.165, 1.54) is 24.3 Å². The number of para-hydroxylation sites is 1. The number of nitrogens with one attached hydrogen (secondary N) is 2. The fourth-order valence-corrected chi connectivity index (χ4v) is 5.98. The molecule has 2 atom stereocenters. The van der Waals surface area contributed by atoms with Crippen LogP contribution in [0.5, 0.6) is 0 Å². The van der Waals surface area contributed by atoms with Crippen molar-refractivity contribution in [3.05, 3.63) is 91.3 Å². The van der Waals surface area contributed by atoms with E-state index in [1.54, 1.807) is 0 Å². The molecule has 0 spiro atoms. The fourth-order valence-electron chi connectivity index (χ4n) is 3.62. The van der Waals surface area contributed by atoms with Crippen molar-refractivity contribution in [1.82, 2.24) is 0 Å². The lowest BCUT2D eigenvalue weighted by Crippen LogP contribution is -2.18. The molecule has 4 rings (SSSR count). The highest BCUT2D eigenvalue weighted by molar-refractivity contribution is 9.11. The number of carbonyl (C=O) groups excluding carboxylic acids is 2. The van der Waals surface area contributed by atoms with Gasteiger partial charge in [-0.2, -0.15) is 0 Å². The summed E-state index contributed by atoms with van der Waals surface area (Å²) in [6.45, 7) is 0. The van der Waals surface area contributed by atoms with Crippen molar-refractivity contribution in [2.75, 3.05) is 10.6 Å². The summed E-state index contributed by atoms with van der Waals surface area (Å²) >= 11 is 25.8. The number of halogens is 7. The Morgan fingerprint density at radius 3 is 2.15 bits per heavy atom. The van der Waals surface area contributed by atoms with Gasteiger partial charge in [0.1, 0.15) is 21.7 Å². The van der Waals surface area contributed by atoms with Crippen molar-refractivity contribution >= 4 is 89.9 Å². The van der Waals surface area contributed by atoms with E-state index in [0.29, 0.717) is 0 Å². The van der Waals surface area contributed by atoms with Crippen LogP contribution < -0.4 is 10.6 Å². The second-order valence-electron chi connectivity index (χ2n) is 7.57. The van der Waals surface area contributed by atoms with Crippen LogP contribution >= 0.6 is 66.7 Å². The molecular weight excluding hydrogens is 640 g/mol. The normalized spacial score (nSPS) is 18.3. The summed E-state index contributed by atoms with van der Waals surface area (Å²) in [4.78, 5) is 25.6. The molecule has 1 aliphatic carbocycles. The summed E-state index contributed by atoms with van der Waals surface area (Å²) in [7, 11) is 0. The second-order valence-corrected chi connectivity index (χ2v) is 11.3. The highest BCUT2D eigenvalue weighted by atomic mass is 79.9. The minimum absolute atomic E-state index is 0.0274. The number of carbonyl (C=O) groups is 2. The molecular formula is C23H13Br2Cl3F2N2O2. The number of amides is 2. The second kappa shape index (κ2) is 9.74. The lowest BCUT2D eigenvalue weighted by atomic mass is 10.1. The van der Waals surface area contributed by atoms with Gasteiger partial charge in [-0.1, -0.05) is 49.5 Å². The first-order valence-corrected chi connectivity index (χ1v) is 12.4. The van der Waals surface area contributed by atoms with E-state index >= 15 is 0 Å². The van der Waals surface area contributed by atoms with Crippen LogP contribution in [0.15, 0.2) is 63.5 Å². The first-order chi connectivity index (χ1) is 16.0. The molecule has 1 fully saturated rings. The first kappa shape index (κ1) is 25.4. The lowest BCUT2D eigenvalue weighted by molar-refractivity contribution is -0.117. The van der Waals surface area contributed by atoms with Crippen LogP contribution in [-0.4, -0.2) is 16.1 Å². The molecule has 0 bridgehead atoms. The average Bonchev–Trinajstić information content (AvgIpc) is 3.33. The molecule has 0 heterocycles. The number of hydrogen-bond donors (Lipinski definition) is 2. The van der Waals surface area contributed by atoms with Crippen molar-refractivity contribution in [2.24, 2.45) is 5.92 Å². The van der Waals surface area contributed by atoms with E-state index in [1.807, 2.05) is 18.2 Å². The SMILES string of the molecule is O=C(Nc1c(F)cccc1F)c1cc(NC(=O)C2C(c3cc(Br)cc(Br)c3)C2(Cl)Cl)ccc1Cl. The Labute approximate surface area is 225 Å². The summed E-state index contributed by atoms with van der Waals surface area (Å²) in [5.41, 5.74) is 0.315. The molecule has 3 aromatic carbocycles. The van der Waals surface area contributed by atoms with Gasteiger partial charge < -0.3 is 10.6 Å². The number of benzene rings is 3. The van der Waals surface area contributed by atoms with Crippen LogP contribution in [-0.2, 0) is 4.79 Å². The Morgan fingerprint density at radius 2 is 1.53 bits per heavy atom. The van der Waals surface area contributed by atoms with Gasteiger partial charge in [0, 0.05) is 20.6 Å². The highest BCUT2D eigenvalue weighted by Crippen LogP contribution is 2.65. The molecule has 0 saturated heterocycles. The van der Waals surface area contributed by atoms with Crippen molar-refractivity contribution in [3.63, 3.8) is 0 Å². The average molecular weight is 654 g/mol. The van der Waals surface area contributed by atoms with Crippen LogP contribution in [0.3, 0.4) is 0 Å². The summed E-state index contributed by atoms with van der Waals surface area (Å²) in [6.07, 6.45) is 0. The van der Waals surface area contributed by atoms with Crippen LogP contribution in [0.25, 0.3) is 0 Å². The predicted molar refractivity (Wildman–Crippen MR) is 137 cm³/mol. The van der Waals surface area contributed by atoms with Crippen LogP contribution in [0, 0.1) is 17.6 Å². The third-order valence-corrected chi connectivity index (χ3v) is 7.45. The molecule has 0 aliphatic heterocycles. The lowest BCUT2D eigenvalue weighted by Gasteiger charge is -2.11. The van der Waals surface area contributed by atoms with Crippen LogP contribution in [0.1, 0.15) is 21.8 Å². The Morgan fingerprint density at radius 1 is 0.912 bits per heavy atom. The molecule has 0 radical (unpaired) electrons. The number of anilines is 2. The monoisotopic (exact) mass is 650 g/mol. The minimum atomic E-state index is -1.32. The van der Waals surface area contributed by atoms with E-state index in [4.69, 9.17) is 34.8 Å². The topological polar surface area (TPSA) is 58.2 Å². The quantitative estimate of drug-likeness (QED) is 0.275. The number of hydrogen-bond acceptors (Lipinski definition) is 2. The van der Waals surface area contributed by atoms with Crippen molar-refractivity contribution in [2.45, 2.75) is 10.3 Å². The molecule has 2 unspecified atom stereocenters. The van der Waals surface area contributed by atoms with Gasteiger partial charge in [0.15, 0.2) is 0 Å². The Hall–Kier alpha value is -1.71. The molecule has 11 heteroatoms. The molecule has 34 heavy (non-hydrogen) atoms. The molecule has 0 aromatic heterocycles. The number of rotatable bonds is 5. The van der Waals surface area contributed by atoms with E-state index in [0.717, 1.165) is 26.6 Å². The van der Waals surface area contributed by atoms with Gasteiger partial charge in [0.2, 0.25) is 5.91 Å². The standard InChI is InChI=1S/C23H13Br2Cl3F2N2O2/c24-11-6-10(7-12(25)8-11)18-19(23(18,27)28)22(34)31-13-4-5-15(26)14(9-13)21(33)32-20-16(29)2-1-3-17(20)30/h1-9,18-19H,(H,31,34)(H,32,33). The summed E-state index contributed by atoms with van der Waals surface area (Å²) in [5.74, 6) is -4.39. The Balaban J connectivity index is 1.53. The molecule has 2 N–H and O–H groups in total. The predicted octanol–water partition coefficient (Wildman–Crippen LogP) is 7.92. The largest absolute Gasteiger partial charge is 0.326 e. The molecule has 4 nitrogen and oxygen atoms in total. The molecule has 3 aromatic rings. The highest BCUT2D eigenvalue weighted by Gasteiger charge is 2.67. The van der Waals surface area contributed by atoms with Crippen molar-refractivity contribution in [3.8, 4) is 0 Å². The maximum Gasteiger partial charge on any atom is 0.257 e. The maximum atomic E-state index is 13.9. The van der Waals surface area contributed by atoms with Crippen LogP contribution in [0.4, 0.5) is 20.2 Å². The zero-order chi connectivity index (χ0) is 24.8. The Bertz CT molecular complexity index is 1280. The zero-order valence-electron chi connectivity index (χ0n) is 16.8. The summed E-state index contributed by atoms with van der Waals surface area (Å²) < 4.78 is 28.1. The van der Waals surface area contributed by atoms with Gasteiger partial charge in [-0.05, 0) is 54.1 Å². The third kappa shape index (κ3) is 5.11. The van der Waals surface area contributed by atoms with Gasteiger partial charge in [0.25, 0.3) is 5.91 Å². The maximum absolute atomic E-state index is 13.9. The number of alkyl halides is 2. The summed E-state index contributed by atoms with van der Waals surface area (Å²) in [6, 6.07) is 12.9. The summed E-state index contributed by atoms with van der Waals surface area (Å²) in [5, 5.41) is 4.87. The third-order valence-electron chi connectivity index (χ3n) is 5.26. The van der Waals surface area contributed by atoms with Gasteiger partial charge in [-0.25, -0.2) is 8.78 Å². The van der Waals surface area contributed by atoms with Gasteiger partial charge in [-0.15, -0.1) is 23.2 Å². The van der Waals surface area contributed by atoms with Gasteiger partial charge >= 0.3 is 0 Å². The van der Waals surface area contributed by atoms with E-state index in [2.05, 4.69) is 42.5 Å². The van der Waals surface area contributed by atoms with Crippen molar-refractivity contribution in [1.29, 1.82) is 0 Å². The van der Waals surface area contributed by atoms with E-state index < -0.39 is 45.3 Å². The van der Waals surface area contributed by atoms with Gasteiger partial charge in [-0.3, -0.25) is 9.59 Å². The minimum Gasteiger partial charge on any atom is -0.326 e. The molecule has 1 aliphatic rings. The van der Waals surface area contributed by atoms with E-state index in [9.17, 15) is 18.4 Å². The van der Waals surface area contributed by atoms with Crippen molar-refractivity contribution < 1.29 is 18.4 Å². The zero-order valence-corrected chi connectivity index (χ0v) is 22.3. The molecule has 1 saturated carbocycles. The molecule has 2 amide bonds. The van der Waals surface area contributed by atoms with E-state index in [-0.39, 0.29) is 16.3 Å². The molecule has 176 valence electrons. The Kier molecular flexibility index (Phi) is 7.27. The first-order valence-electron chi connectivity index (χ1n) is 9.68. The van der Waals surface area contributed by atoms with Gasteiger partial charge in [0.05, 0.1) is 16.5 Å². The van der Waals surface area contributed by atoms with Crippen LogP contribution in [0.2, 0.25) is 5.02 Å². The fraction of sp³-hybridized carbons (Fsp3) is 0.130. The smallest absolute Gasteiger partial charge is 0.257 e.